The molecule has 6 nitrogen and oxygen atoms in total. The zero-order chi connectivity index (χ0) is 19.4. The minimum Gasteiger partial charge on any atom is -0.491 e. The van der Waals surface area contributed by atoms with Crippen molar-refractivity contribution >= 4 is 32.4 Å². The molecule has 3 rings (SSSR count). The summed E-state index contributed by atoms with van der Waals surface area (Å²) < 4.78 is 12.5. The Hall–Kier alpha value is -1.73. The first-order chi connectivity index (χ1) is 12.9. The second kappa shape index (κ2) is 8.52. The standard InChI is InChI=1S/C20H30N4O2S/c1-14(13-20(2,3)4)5-8-26-17-11-16-18(12-15(17)23-21)27-19(22-16)24-6-9-25-10-7-24/h11-12,14,21H,5-10,13H2,1-4H3/p+1. The number of hydrogen-bond donors (Lipinski definition) is 1. The van der Waals surface area contributed by atoms with Crippen molar-refractivity contribution in [3.05, 3.63) is 12.1 Å². The minimum atomic E-state index is 0.340. The first kappa shape index (κ1) is 20.0. The molecule has 7 heteroatoms. The van der Waals surface area contributed by atoms with Gasteiger partial charge in [0.2, 0.25) is 0 Å². The molecule has 1 aromatic heterocycles. The number of nitrogens with two attached hydrogens (primary N) is 1. The van der Waals surface area contributed by atoms with Gasteiger partial charge in [-0.05, 0) is 35.4 Å². The fourth-order valence-corrected chi connectivity index (χ4v) is 4.59. The lowest BCUT2D eigenvalue weighted by molar-refractivity contribution is -0.210. The number of nitrogens with zero attached hydrogens (tertiary/aromatic N) is 3. The summed E-state index contributed by atoms with van der Waals surface area (Å²) in [5.74, 6) is 1.32. The molecule has 0 bridgehead atoms. The van der Waals surface area contributed by atoms with Crippen LogP contribution in [0.4, 0.5) is 10.8 Å². The van der Waals surface area contributed by atoms with E-state index in [1.54, 1.807) is 11.3 Å². The van der Waals surface area contributed by atoms with Crippen molar-refractivity contribution in [3.63, 3.8) is 0 Å². The molecule has 0 spiro atoms. The lowest BCUT2D eigenvalue weighted by Crippen LogP contribution is -2.36. The van der Waals surface area contributed by atoms with Crippen LogP contribution >= 0.6 is 11.3 Å². The van der Waals surface area contributed by atoms with E-state index >= 15 is 0 Å². The number of morpholine rings is 1. The Labute approximate surface area is 165 Å². The predicted molar refractivity (Wildman–Crippen MR) is 110 cm³/mol. The van der Waals surface area contributed by atoms with E-state index in [1.165, 1.54) is 6.42 Å². The summed E-state index contributed by atoms with van der Waals surface area (Å²) in [5, 5.41) is 4.94. The lowest BCUT2D eigenvalue weighted by atomic mass is 9.84. The Bertz CT molecular complexity index is 778. The summed E-state index contributed by atoms with van der Waals surface area (Å²) in [7, 11) is 0. The summed E-state index contributed by atoms with van der Waals surface area (Å²) in [6.45, 7) is 13.0. The van der Waals surface area contributed by atoms with Gasteiger partial charge in [-0.15, -0.1) is 0 Å². The highest BCUT2D eigenvalue weighted by Crippen LogP contribution is 2.37. The van der Waals surface area contributed by atoms with E-state index in [0.29, 0.717) is 29.4 Å². The zero-order valence-corrected chi connectivity index (χ0v) is 17.6. The van der Waals surface area contributed by atoms with Gasteiger partial charge in [-0.3, -0.25) is 0 Å². The molecule has 0 amide bonds. The van der Waals surface area contributed by atoms with Gasteiger partial charge in [-0.1, -0.05) is 39.0 Å². The van der Waals surface area contributed by atoms with Gasteiger partial charge in [-0.2, -0.15) is 5.53 Å². The van der Waals surface area contributed by atoms with E-state index in [4.69, 9.17) is 20.0 Å². The van der Waals surface area contributed by atoms with Crippen molar-refractivity contribution in [2.45, 2.75) is 40.5 Å². The maximum Gasteiger partial charge on any atom is 0.186 e. The van der Waals surface area contributed by atoms with Crippen LogP contribution in [0.15, 0.2) is 17.2 Å². The second-order valence-corrected chi connectivity index (χ2v) is 9.53. The van der Waals surface area contributed by atoms with Crippen LogP contribution in [0.1, 0.15) is 40.5 Å². The smallest absolute Gasteiger partial charge is 0.186 e. The molecule has 1 aliphatic heterocycles. The van der Waals surface area contributed by atoms with Crippen LogP contribution < -0.4 is 15.2 Å². The Kier molecular flexibility index (Phi) is 6.32. The number of aromatic nitrogens is 1. The van der Waals surface area contributed by atoms with Crippen LogP contribution in [0.3, 0.4) is 0 Å². The van der Waals surface area contributed by atoms with E-state index in [0.717, 1.165) is 48.1 Å². The van der Waals surface area contributed by atoms with Crippen molar-refractivity contribution in [1.29, 1.82) is 0 Å². The molecule has 2 N–H and O–H groups in total. The van der Waals surface area contributed by atoms with Gasteiger partial charge in [-0.25, -0.2) is 4.98 Å². The van der Waals surface area contributed by atoms with E-state index in [1.807, 2.05) is 12.1 Å². The fourth-order valence-electron chi connectivity index (χ4n) is 3.56. The van der Waals surface area contributed by atoms with E-state index in [-0.39, 0.29) is 0 Å². The topological polar surface area (TPSA) is 72.5 Å². The molecule has 0 saturated carbocycles. The highest BCUT2D eigenvalue weighted by atomic mass is 32.1. The number of benzene rings is 1. The Morgan fingerprint density at radius 1 is 1.33 bits per heavy atom. The van der Waals surface area contributed by atoms with Crippen LogP contribution in [0, 0.1) is 11.3 Å². The van der Waals surface area contributed by atoms with Crippen molar-refractivity contribution in [1.82, 2.24) is 4.98 Å². The number of fused-ring (bicyclic) bond motifs is 1. The maximum atomic E-state index is 6.03. The molecular weight excluding hydrogens is 360 g/mol. The molecule has 1 fully saturated rings. The molecule has 1 aromatic carbocycles. The van der Waals surface area contributed by atoms with Crippen LogP contribution in [0.2, 0.25) is 0 Å². The van der Waals surface area contributed by atoms with Crippen LogP contribution in [0.5, 0.6) is 5.75 Å². The largest absolute Gasteiger partial charge is 0.491 e. The highest BCUT2D eigenvalue weighted by Gasteiger charge is 2.18. The van der Waals surface area contributed by atoms with Crippen LogP contribution in [-0.2, 0) is 4.74 Å². The van der Waals surface area contributed by atoms with Crippen molar-refractivity contribution in [3.8, 4) is 5.75 Å². The molecule has 2 heterocycles. The lowest BCUT2D eigenvalue weighted by Gasteiger charge is -2.25. The van der Waals surface area contributed by atoms with Gasteiger partial charge in [0.15, 0.2) is 16.6 Å². The Balaban J connectivity index is 1.70. The molecule has 2 aromatic rings. The molecule has 27 heavy (non-hydrogen) atoms. The first-order valence-electron chi connectivity index (χ1n) is 9.67. The van der Waals surface area contributed by atoms with Crippen LogP contribution in [-0.4, -0.2) is 37.9 Å². The predicted octanol–water partition coefficient (Wildman–Crippen LogP) is 3.82. The van der Waals surface area contributed by atoms with Crippen molar-refractivity contribution < 1.29 is 15.0 Å². The fraction of sp³-hybridized carbons (Fsp3) is 0.650. The van der Waals surface area contributed by atoms with E-state index < -0.39 is 0 Å². The van der Waals surface area contributed by atoms with Crippen molar-refractivity contribution in [2.75, 3.05) is 37.8 Å². The van der Waals surface area contributed by atoms with Gasteiger partial charge in [0.05, 0.1) is 30.0 Å². The van der Waals surface area contributed by atoms with Gasteiger partial charge < -0.3 is 14.4 Å². The third kappa shape index (κ3) is 5.39. The van der Waals surface area contributed by atoms with Crippen molar-refractivity contribution in [2.24, 2.45) is 16.4 Å². The summed E-state index contributed by atoms with van der Waals surface area (Å²) in [5.41, 5.74) is 7.57. The van der Waals surface area contributed by atoms with Gasteiger partial charge in [0, 0.05) is 19.2 Å². The summed E-state index contributed by atoms with van der Waals surface area (Å²) in [6, 6.07) is 3.95. The summed E-state index contributed by atoms with van der Waals surface area (Å²) in [6.07, 6.45) is 2.19. The summed E-state index contributed by atoms with van der Waals surface area (Å²) in [4.78, 5) is 7.06. The SMILES string of the molecule is CC(CCOc1cc2nc(N3CCOCC3)sc2cc1N=[NH2+])CC(C)(C)C. The molecule has 0 radical (unpaired) electrons. The first-order valence-corrected chi connectivity index (χ1v) is 10.5. The third-order valence-corrected chi connectivity index (χ3v) is 5.79. The Morgan fingerprint density at radius 2 is 2.07 bits per heavy atom. The molecule has 1 saturated heterocycles. The average Bonchev–Trinajstić information content (AvgIpc) is 3.03. The van der Waals surface area contributed by atoms with Gasteiger partial charge in [0.25, 0.3) is 0 Å². The average molecular weight is 392 g/mol. The molecular formula is C20H31N4O2S+. The third-order valence-electron chi connectivity index (χ3n) is 4.71. The molecule has 148 valence electrons. The number of ether oxygens (including phenoxy) is 2. The van der Waals surface area contributed by atoms with E-state index in [2.05, 4.69) is 37.7 Å². The number of rotatable bonds is 7. The molecule has 0 aliphatic carbocycles. The van der Waals surface area contributed by atoms with Crippen LogP contribution in [0.25, 0.3) is 10.2 Å². The van der Waals surface area contributed by atoms with Gasteiger partial charge >= 0.3 is 0 Å². The van der Waals surface area contributed by atoms with E-state index in [9.17, 15) is 0 Å². The normalized spacial score (nSPS) is 16.5. The maximum absolute atomic E-state index is 6.03. The summed E-state index contributed by atoms with van der Waals surface area (Å²) >= 11 is 1.67. The number of anilines is 1. The molecule has 1 unspecified atom stereocenters. The highest BCUT2D eigenvalue weighted by molar-refractivity contribution is 7.22. The quantitative estimate of drug-likeness (QED) is 0.728. The Morgan fingerprint density at radius 3 is 2.74 bits per heavy atom. The zero-order valence-electron chi connectivity index (χ0n) is 16.8. The molecule has 1 aliphatic rings. The number of hydrogen-bond acceptors (Lipinski definition) is 6. The monoisotopic (exact) mass is 391 g/mol. The van der Waals surface area contributed by atoms with Gasteiger partial charge in [0.1, 0.15) is 0 Å². The number of thiazole rings is 1. The second-order valence-electron chi connectivity index (χ2n) is 8.52. The minimum absolute atomic E-state index is 0.340. The molecule has 1 atom stereocenters.